The first kappa shape index (κ1) is 16.0. The number of methoxy groups -OCH3 is 1. The van der Waals surface area contributed by atoms with Crippen LogP contribution in [0.4, 0.5) is 10.5 Å². The first-order valence-electron chi connectivity index (χ1n) is 9.00. The summed E-state index contributed by atoms with van der Waals surface area (Å²) in [5.74, 6) is 1.98. The lowest BCUT2D eigenvalue weighted by molar-refractivity contribution is 0.251. The van der Waals surface area contributed by atoms with Crippen LogP contribution < -0.4 is 15.4 Å². The lowest BCUT2D eigenvalue weighted by Crippen LogP contribution is -2.32. The van der Waals surface area contributed by atoms with Crippen LogP contribution in [-0.2, 0) is 6.54 Å². The number of anilines is 1. The first-order valence-corrected chi connectivity index (χ1v) is 9.00. The van der Waals surface area contributed by atoms with Crippen molar-refractivity contribution in [1.29, 1.82) is 0 Å². The third-order valence-electron chi connectivity index (χ3n) is 4.79. The fourth-order valence-corrected chi connectivity index (χ4v) is 3.11. The largest absolute Gasteiger partial charge is 0.495 e. The second-order valence-electron chi connectivity index (χ2n) is 6.85. The van der Waals surface area contributed by atoms with Crippen molar-refractivity contribution in [3.63, 3.8) is 0 Å². The highest BCUT2D eigenvalue weighted by Crippen LogP contribution is 2.44. The second-order valence-corrected chi connectivity index (χ2v) is 6.85. The normalized spacial score (nSPS) is 16.5. The molecule has 2 aromatic rings. The van der Waals surface area contributed by atoms with E-state index in [1.54, 1.807) is 7.11 Å². The maximum atomic E-state index is 12.1. The van der Waals surface area contributed by atoms with E-state index in [1.165, 1.54) is 37.1 Å². The lowest BCUT2D eigenvalue weighted by Gasteiger charge is -2.11. The molecular weight excluding hydrogens is 316 g/mol. The molecule has 4 rings (SSSR count). The molecule has 0 saturated heterocycles. The van der Waals surface area contributed by atoms with Crippen molar-refractivity contribution in [2.24, 2.45) is 0 Å². The van der Waals surface area contributed by atoms with Crippen molar-refractivity contribution in [1.82, 2.24) is 15.1 Å². The number of rotatable bonds is 7. The number of para-hydroxylation sites is 2. The maximum Gasteiger partial charge on any atom is 0.319 e. The van der Waals surface area contributed by atoms with Crippen LogP contribution in [0.1, 0.15) is 48.9 Å². The summed E-state index contributed by atoms with van der Waals surface area (Å²) < 4.78 is 7.34. The number of nitrogens with one attached hydrogen (secondary N) is 2. The summed E-state index contributed by atoms with van der Waals surface area (Å²) in [6, 6.07) is 9.43. The SMILES string of the molecule is COc1ccccc1NC(=O)NCCn1nc(C2CC2)cc1C1CC1. The Bertz CT molecular complexity index is 763. The van der Waals surface area contributed by atoms with E-state index in [4.69, 9.17) is 9.84 Å². The predicted molar refractivity (Wildman–Crippen MR) is 96.2 cm³/mol. The minimum atomic E-state index is -0.230. The van der Waals surface area contributed by atoms with Crippen LogP contribution in [0.25, 0.3) is 0 Å². The number of amides is 2. The first-order chi connectivity index (χ1) is 12.2. The Balaban J connectivity index is 1.32. The Hall–Kier alpha value is -2.50. The van der Waals surface area contributed by atoms with Crippen molar-refractivity contribution < 1.29 is 9.53 Å². The van der Waals surface area contributed by atoms with Crippen molar-refractivity contribution >= 4 is 11.7 Å². The molecule has 1 heterocycles. The van der Waals surface area contributed by atoms with E-state index in [2.05, 4.69) is 21.4 Å². The van der Waals surface area contributed by atoms with Gasteiger partial charge in [-0.15, -0.1) is 0 Å². The molecule has 2 N–H and O–H groups in total. The molecule has 2 fully saturated rings. The molecular formula is C19H24N4O2. The Labute approximate surface area is 147 Å². The second kappa shape index (κ2) is 6.78. The van der Waals surface area contributed by atoms with E-state index < -0.39 is 0 Å². The van der Waals surface area contributed by atoms with Gasteiger partial charge < -0.3 is 15.4 Å². The van der Waals surface area contributed by atoms with Gasteiger partial charge in [0.25, 0.3) is 0 Å². The average molecular weight is 340 g/mol. The Morgan fingerprint density at radius 3 is 2.72 bits per heavy atom. The summed E-state index contributed by atoms with van der Waals surface area (Å²) in [5.41, 5.74) is 3.24. The molecule has 2 saturated carbocycles. The summed E-state index contributed by atoms with van der Waals surface area (Å²) in [7, 11) is 1.59. The van der Waals surface area contributed by atoms with Gasteiger partial charge in [-0.25, -0.2) is 4.79 Å². The third kappa shape index (κ3) is 3.78. The highest BCUT2D eigenvalue weighted by Gasteiger charge is 2.32. The van der Waals surface area contributed by atoms with E-state index in [0.29, 0.717) is 36.4 Å². The third-order valence-corrected chi connectivity index (χ3v) is 4.79. The number of hydrogen-bond acceptors (Lipinski definition) is 3. The van der Waals surface area contributed by atoms with E-state index in [1.807, 2.05) is 24.3 Å². The number of aromatic nitrogens is 2. The van der Waals surface area contributed by atoms with Crippen LogP contribution in [0.15, 0.2) is 30.3 Å². The smallest absolute Gasteiger partial charge is 0.319 e. The van der Waals surface area contributed by atoms with Gasteiger partial charge in [0.05, 0.1) is 25.0 Å². The van der Waals surface area contributed by atoms with Gasteiger partial charge in [-0.1, -0.05) is 12.1 Å². The molecule has 0 bridgehead atoms. The predicted octanol–water partition coefficient (Wildman–Crippen LogP) is 3.47. The molecule has 1 aromatic carbocycles. The van der Waals surface area contributed by atoms with Crippen LogP contribution in [0.2, 0.25) is 0 Å². The van der Waals surface area contributed by atoms with E-state index in [0.717, 1.165) is 0 Å². The number of carbonyl (C=O) groups is 1. The average Bonchev–Trinajstić information content (AvgIpc) is 3.54. The minimum absolute atomic E-state index is 0.230. The molecule has 25 heavy (non-hydrogen) atoms. The zero-order chi connectivity index (χ0) is 17.2. The van der Waals surface area contributed by atoms with Gasteiger partial charge in [-0.2, -0.15) is 5.10 Å². The fraction of sp³-hybridized carbons (Fsp3) is 0.474. The van der Waals surface area contributed by atoms with Crippen LogP contribution in [0, 0.1) is 0 Å². The molecule has 0 radical (unpaired) electrons. The van der Waals surface area contributed by atoms with E-state index in [9.17, 15) is 4.79 Å². The summed E-state index contributed by atoms with van der Waals surface area (Å²) in [6.45, 7) is 1.25. The molecule has 0 spiro atoms. The van der Waals surface area contributed by atoms with Gasteiger partial charge in [0.1, 0.15) is 5.75 Å². The lowest BCUT2D eigenvalue weighted by atomic mass is 10.2. The van der Waals surface area contributed by atoms with Gasteiger partial charge >= 0.3 is 6.03 Å². The van der Waals surface area contributed by atoms with Crippen LogP contribution in [0.3, 0.4) is 0 Å². The summed E-state index contributed by atoms with van der Waals surface area (Å²) in [6.07, 6.45) is 5.05. The zero-order valence-corrected chi connectivity index (χ0v) is 14.5. The number of nitrogens with zero attached hydrogens (tertiary/aromatic N) is 2. The monoisotopic (exact) mass is 340 g/mol. The van der Waals surface area contributed by atoms with E-state index in [-0.39, 0.29) is 6.03 Å². The minimum Gasteiger partial charge on any atom is -0.495 e. The van der Waals surface area contributed by atoms with Gasteiger partial charge in [0.15, 0.2) is 0 Å². The molecule has 2 aliphatic carbocycles. The van der Waals surface area contributed by atoms with Crippen LogP contribution in [-0.4, -0.2) is 29.5 Å². The van der Waals surface area contributed by atoms with Crippen molar-refractivity contribution in [2.45, 2.75) is 44.1 Å². The highest BCUT2D eigenvalue weighted by molar-refractivity contribution is 5.90. The molecule has 0 unspecified atom stereocenters. The standard InChI is InChI=1S/C19H24N4O2/c1-25-18-5-3-2-4-15(18)21-19(24)20-10-11-23-17(14-8-9-14)12-16(22-23)13-6-7-13/h2-5,12-14H,6-11H2,1H3,(H2,20,21,24). The van der Waals surface area contributed by atoms with Crippen LogP contribution >= 0.6 is 0 Å². The number of ether oxygens (including phenoxy) is 1. The summed E-state index contributed by atoms with van der Waals surface area (Å²) in [4.78, 5) is 12.1. The topological polar surface area (TPSA) is 68.2 Å². The quantitative estimate of drug-likeness (QED) is 0.811. The summed E-state index contributed by atoms with van der Waals surface area (Å²) >= 11 is 0. The number of urea groups is 1. The Kier molecular flexibility index (Phi) is 4.34. The van der Waals surface area contributed by atoms with Crippen LogP contribution in [0.5, 0.6) is 5.75 Å². The molecule has 1 aromatic heterocycles. The molecule has 0 aliphatic heterocycles. The molecule has 2 amide bonds. The van der Waals surface area contributed by atoms with Crippen molar-refractivity contribution in [3.05, 3.63) is 41.7 Å². The Morgan fingerprint density at radius 1 is 1.24 bits per heavy atom. The molecule has 6 heteroatoms. The van der Waals surface area contributed by atoms with Crippen molar-refractivity contribution in [2.75, 3.05) is 19.0 Å². The Morgan fingerprint density at radius 2 is 2.00 bits per heavy atom. The maximum absolute atomic E-state index is 12.1. The van der Waals surface area contributed by atoms with E-state index >= 15 is 0 Å². The molecule has 6 nitrogen and oxygen atoms in total. The molecule has 132 valence electrons. The number of hydrogen-bond donors (Lipinski definition) is 2. The molecule has 2 aliphatic rings. The van der Waals surface area contributed by atoms with Crippen molar-refractivity contribution in [3.8, 4) is 5.75 Å². The van der Waals surface area contributed by atoms with Gasteiger partial charge in [0, 0.05) is 24.1 Å². The highest BCUT2D eigenvalue weighted by atomic mass is 16.5. The number of benzene rings is 1. The van der Waals surface area contributed by atoms with Gasteiger partial charge in [-0.3, -0.25) is 4.68 Å². The number of carbonyl (C=O) groups excluding carboxylic acids is 1. The zero-order valence-electron chi connectivity index (χ0n) is 14.5. The fourth-order valence-electron chi connectivity index (χ4n) is 3.11. The van der Waals surface area contributed by atoms with Gasteiger partial charge in [-0.05, 0) is 43.9 Å². The molecule has 0 atom stereocenters. The summed E-state index contributed by atoms with van der Waals surface area (Å²) in [5, 5.41) is 10.5. The van der Waals surface area contributed by atoms with Gasteiger partial charge in [0.2, 0.25) is 0 Å².